The number of benzene rings is 1. The van der Waals surface area contributed by atoms with Gasteiger partial charge < -0.3 is 9.64 Å². The molecule has 5 nitrogen and oxygen atoms in total. The molecule has 1 aliphatic rings. The summed E-state index contributed by atoms with van der Waals surface area (Å²) in [6.07, 6.45) is 0. The van der Waals surface area contributed by atoms with E-state index in [0.29, 0.717) is 45.4 Å². The van der Waals surface area contributed by atoms with E-state index >= 15 is 0 Å². The minimum Gasteiger partial charge on any atom is -0.383 e. The number of piperazine rings is 1. The molecule has 1 saturated heterocycles. The third-order valence-corrected chi connectivity index (χ3v) is 5.37. The predicted octanol–water partition coefficient (Wildman–Crippen LogP) is 1.89. The van der Waals surface area contributed by atoms with Gasteiger partial charge in [0.25, 0.3) is 9.84 Å². The Morgan fingerprint density at radius 3 is 2.33 bits per heavy atom. The Kier molecular flexibility index (Phi) is 5.71. The Balaban J connectivity index is 2.21. The Hall–Kier alpha value is -1.39. The summed E-state index contributed by atoms with van der Waals surface area (Å²) < 4.78 is 80.3. The molecule has 1 aromatic rings. The molecular weight excluding hydrogens is 352 g/mol. The van der Waals surface area contributed by atoms with E-state index < -0.39 is 26.1 Å². The smallest absolute Gasteiger partial charge is 0.383 e. The molecule has 0 aromatic heterocycles. The average molecular weight is 370 g/mol. The van der Waals surface area contributed by atoms with Gasteiger partial charge in [0.15, 0.2) is 5.82 Å². The molecule has 0 saturated carbocycles. The second-order valence-corrected chi connectivity index (χ2v) is 7.27. The van der Waals surface area contributed by atoms with E-state index in [1.165, 1.54) is 6.07 Å². The largest absolute Gasteiger partial charge is 0.502 e. The molecule has 0 atom stereocenters. The standard InChI is InChI=1S/C14H18F4N2O3S/c1-23-10-9-19-5-7-20(8-6-19)11-3-2-4-12(13(11)15)24(21,22)14(16,17)18/h2-4H,5-10H2,1H3. The molecule has 0 radical (unpaired) electrons. The fourth-order valence-corrected chi connectivity index (χ4v) is 3.36. The average Bonchev–Trinajstić information content (AvgIpc) is 2.52. The fraction of sp³-hybridized carbons (Fsp3) is 0.571. The molecule has 0 aliphatic carbocycles. The fourth-order valence-electron chi connectivity index (χ4n) is 2.51. The van der Waals surface area contributed by atoms with Crippen LogP contribution in [0.15, 0.2) is 23.1 Å². The van der Waals surface area contributed by atoms with Crippen LogP contribution in [0.1, 0.15) is 0 Å². The highest BCUT2D eigenvalue weighted by molar-refractivity contribution is 7.92. The lowest BCUT2D eigenvalue weighted by Crippen LogP contribution is -2.47. The second-order valence-electron chi connectivity index (χ2n) is 5.36. The number of ether oxygens (including phenoxy) is 1. The first kappa shape index (κ1) is 18.9. The van der Waals surface area contributed by atoms with Gasteiger partial charge in [-0.05, 0) is 12.1 Å². The van der Waals surface area contributed by atoms with Crippen molar-refractivity contribution in [2.45, 2.75) is 10.4 Å². The van der Waals surface area contributed by atoms with Crippen LogP contribution < -0.4 is 4.90 Å². The highest BCUT2D eigenvalue weighted by Gasteiger charge is 2.48. The number of anilines is 1. The first-order chi connectivity index (χ1) is 11.2. The van der Waals surface area contributed by atoms with Crippen molar-refractivity contribution in [2.24, 2.45) is 0 Å². The molecule has 0 N–H and O–H groups in total. The van der Waals surface area contributed by atoms with Crippen LogP contribution >= 0.6 is 0 Å². The molecule has 1 heterocycles. The van der Waals surface area contributed by atoms with Crippen LogP contribution in [0.3, 0.4) is 0 Å². The van der Waals surface area contributed by atoms with E-state index in [1.54, 1.807) is 12.0 Å². The van der Waals surface area contributed by atoms with Gasteiger partial charge in [0.2, 0.25) is 0 Å². The van der Waals surface area contributed by atoms with Crippen molar-refractivity contribution in [3.05, 3.63) is 24.0 Å². The topological polar surface area (TPSA) is 49.9 Å². The van der Waals surface area contributed by atoms with Gasteiger partial charge in [-0.3, -0.25) is 4.90 Å². The number of hydrogen-bond acceptors (Lipinski definition) is 5. The van der Waals surface area contributed by atoms with Crippen LogP contribution in [0, 0.1) is 5.82 Å². The number of hydrogen-bond donors (Lipinski definition) is 0. The summed E-state index contributed by atoms with van der Waals surface area (Å²) in [6.45, 7) is 3.19. The maximum atomic E-state index is 14.4. The summed E-state index contributed by atoms with van der Waals surface area (Å²) in [6, 6.07) is 3.04. The summed E-state index contributed by atoms with van der Waals surface area (Å²) in [5, 5.41) is 0. The van der Waals surface area contributed by atoms with E-state index in [2.05, 4.69) is 4.90 Å². The molecule has 0 bridgehead atoms. The SMILES string of the molecule is COCCN1CCN(c2cccc(S(=O)(=O)C(F)(F)F)c2F)CC1. The molecule has 1 aromatic carbocycles. The van der Waals surface area contributed by atoms with Crippen molar-refractivity contribution in [1.82, 2.24) is 4.90 Å². The van der Waals surface area contributed by atoms with Gasteiger partial charge in [-0.15, -0.1) is 0 Å². The molecule has 0 unspecified atom stereocenters. The number of methoxy groups -OCH3 is 1. The Morgan fingerprint density at radius 2 is 1.79 bits per heavy atom. The molecule has 2 rings (SSSR count). The number of halogens is 4. The second kappa shape index (κ2) is 7.24. The van der Waals surface area contributed by atoms with E-state index in [-0.39, 0.29) is 5.69 Å². The van der Waals surface area contributed by atoms with Crippen molar-refractivity contribution >= 4 is 15.5 Å². The van der Waals surface area contributed by atoms with E-state index in [9.17, 15) is 26.0 Å². The lowest BCUT2D eigenvalue weighted by molar-refractivity contribution is -0.0437. The van der Waals surface area contributed by atoms with Gasteiger partial charge in [0.05, 0.1) is 12.3 Å². The molecule has 24 heavy (non-hydrogen) atoms. The molecular formula is C14H18F4N2O3S. The molecule has 1 aliphatic heterocycles. The molecule has 0 spiro atoms. The highest BCUT2D eigenvalue weighted by Crippen LogP contribution is 2.34. The van der Waals surface area contributed by atoms with E-state index in [1.807, 2.05) is 0 Å². The minimum atomic E-state index is -5.72. The zero-order valence-electron chi connectivity index (χ0n) is 13.0. The number of rotatable bonds is 5. The number of sulfone groups is 1. The summed E-state index contributed by atoms with van der Waals surface area (Å²) in [7, 11) is -4.14. The normalized spacial score (nSPS) is 17.3. The monoisotopic (exact) mass is 370 g/mol. The van der Waals surface area contributed by atoms with Crippen molar-refractivity contribution < 1.29 is 30.7 Å². The molecule has 1 fully saturated rings. The van der Waals surface area contributed by atoms with Gasteiger partial charge in [-0.25, -0.2) is 12.8 Å². The predicted molar refractivity (Wildman–Crippen MR) is 80.2 cm³/mol. The quantitative estimate of drug-likeness (QED) is 0.741. The zero-order chi connectivity index (χ0) is 18.0. The van der Waals surface area contributed by atoms with Crippen molar-refractivity contribution in [3.8, 4) is 0 Å². The third-order valence-electron chi connectivity index (χ3n) is 3.86. The third kappa shape index (κ3) is 3.81. The summed E-state index contributed by atoms with van der Waals surface area (Å²) in [4.78, 5) is 2.29. The molecule has 136 valence electrons. The number of nitrogens with zero attached hydrogens (tertiary/aromatic N) is 2. The van der Waals surface area contributed by atoms with Gasteiger partial charge in [-0.1, -0.05) is 6.07 Å². The van der Waals surface area contributed by atoms with Crippen LogP contribution in [0.25, 0.3) is 0 Å². The van der Waals surface area contributed by atoms with Gasteiger partial charge in [-0.2, -0.15) is 13.2 Å². The summed E-state index contributed by atoms with van der Waals surface area (Å²) >= 11 is 0. The summed E-state index contributed by atoms with van der Waals surface area (Å²) in [5.41, 5.74) is -5.67. The van der Waals surface area contributed by atoms with Crippen LogP contribution in [0.4, 0.5) is 23.2 Å². The Morgan fingerprint density at radius 1 is 1.17 bits per heavy atom. The first-order valence-electron chi connectivity index (χ1n) is 7.24. The lowest BCUT2D eigenvalue weighted by atomic mass is 10.2. The maximum absolute atomic E-state index is 14.4. The lowest BCUT2D eigenvalue weighted by Gasteiger charge is -2.36. The van der Waals surface area contributed by atoms with Gasteiger partial charge >= 0.3 is 5.51 Å². The van der Waals surface area contributed by atoms with Crippen molar-refractivity contribution in [2.75, 3.05) is 51.3 Å². The first-order valence-corrected chi connectivity index (χ1v) is 8.73. The Labute approximate surface area is 137 Å². The molecule has 10 heteroatoms. The number of alkyl halides is 3. The Bertz CT molecular complexity index is 671. The summed E-state index contributed by atoms with van der Waals surface area (Å²) in [5.74, 6) is -1.36. The maximum Gasteiger partial charge on any atom is 0.502 e. The minimum absolute atomic E-state index is 0.133. The van der Waals surface area contributed by atoms with Crippen molar-refractivity contribution in [1.29, 1.82) is 0 Å². The highest BCUT2D eigenvalue weighted by atomic mass is 32.2. The zero-order valence-corrected chi connectivity index (χ0v) is 13.8. The van der Waals surface area contributed by atoms with Gasteiger partial charge in [0.1, 0.15) is 4.90 Å². The van der Waals surface area contributed by atoms with Crippen LogP contribution in [-0.4, -0.2) is 65.3 Å². The van der Waals surface area contributed by atoms with Crippen LogP contribution in [0.2, 0.25) is 0 Å². The van der Waals surface area contributed by atoms with Gasteiger partial charge in [0, 0.05) is 39.8 Å². The van der Waals surface area contributed by atoms with Crippen LogP contribution in [-0.2, 0) is 14.6 Å². The molecule has 0 amide bonds. The van der Waals surface area contributed by atoms with E-state index in [4.69, 9.17) is 4.74 Å². The van der Waals surface area contributed by atoms with E-state index in [0.717, 1.165) is 6.07 Å². The van der Waals surface area contributed by atoms with Crippen molar-refractivity contribution in [3.63, 3.8) is 0 Å². The van der Waals surface area contributed by atoms with Crippen LogP contribution in [0.5, 0.6) is 0 Å².